The minimum Gasteiger partial charge on any atom is -0.380 e. The van der Waals surface area contributed by atoms with E-state index >= 15 is 0 Å². The quantitative estimate of drug-likeness (QED) is 0.347. The van der Waals surface area contributed by atoms with Gasteiger partial charge in [0.25, 0.3) is 0 Å². The standard InChI is InChI=1S/C26H31NO3S/c1-23-13-15-26(16-14-23)31(28)30-19-8-18-29-20-17-27(21-24-9-4-2-5-10-24)22-25-11-6-3-7-12-25/h2-7,9-16H,8,17-22H2,1H3. The van der Waals surface area contributed by atoms with Gasteiger partial charge in [0.1, 0.15) is 0 Å². The molecule has 0 saturated heterocycles. The molecule has 31 heavy (non-hydrogen) atoms. The summed E-state index contributed by atoms with van der Waals surface area (Å²) in [7, 11) is 0. The topological polar surface area (TPSA) is 38.8 Å². The van der Waals surface area contributed by atoms with Gasteiger partial charge in [-0.25, -0.2) is 4.21 Å². The smallest absolute Gasteiger partial charge is 0.189 e. The molecule has 0 fully saturated rings. The van der Waals surface area contributed by atoms with Gasteiger partial charge in [0, 0.05) is 26.2 Å². The first kappa shape index (κ1) is 23.4. The third-order valence-electron chi connectivity index (χ3n) is 4.89. The fourth-order valence-electron chi connectivity index (χ4n) is 3.21. The number of rotatable bonds is 13. The predicted octanol–water partition coefficient (Wildman–Crippen LogP) is 5.14. The molecule has 164 valence electrons. The van der Waals surface area contributed by atoms with Crippen molar-refractivity contribution in [2.45, 2.75) is 31.3 Å². The zero-order chi connectivity index (χ0) is 21.7. The molecular formula is C26H31NO3S. The molecule has 0 aliphatic carbocycles. The predicted molar refractivity (Wildman–Crippen MR) is 126 cm³/mol. The van der Waals surface area contributed by atoms with Crippen LogP contribution >= 0.6 is 0 Å². The Hall–Kier alpha value is -2.31. The molecule has 0 spiro atoms. The van der Waals surface area contributed by atoms with Crippen molar-refractivity contribution in [2.24, 2.45) is 0 Å². The molecule has 1 atom stereocenters. The van der Waals surface area contributed by atoms with Gasteiger partial charge in [0.15, 0.2) is 11.1 Å². The summed E-state index contributed by atoms with van der Waals surface area (Å²) < 4.78 is 23.4. The molecule has 0 radical (unpaired) electrons. The van der Waals surface area contributed by atoms with E-state index in [0.29, 0.717) is 24.7 Å². The number of benzene rings is 3. The van der Waals surface area contributed by atoms with Crippen molar-refractivity contribution in [1.82, 2.24) is 4.90 Å². The van der Waals surface area contributed by atoms with E-state index in [9.17, 15) is 4.21 Å². The second-order valence-corrected chi connectivity index (χ2v) is 8.69. The third-order valence-corrected chi connectivity index (χ3v) is 5.92. The molecule has 0 heterocycles. The normalized spacial score (nSPS) is 12.2. The van der Waals surface area contributed by atoms with Gasteiger partial charge in [0.05, 0.1) is 18.1 Å². The van der Waals surface area contributed by atoms with Crippen molar-refractivity contribution in [1.29, 1.82) is 0 Å². The molecule has 0 N–H and O–H groups in total. The SMILES string of the molecule is Cc1ccc(S(=O)OCCCOCCN(Cc2ccccc2)Cc2ccccc2)cc1. The lowest BCUT2D eigenvalue weighted by molar-refractivity contribution is 0.0905. The van der Waals surface area contributed by atoms with E-state index in [1.165, 1.54) is 11.1 Å². The van der Waals surface area contributed by atoms with Gasteiger partial charge in [0.2, 0.25) is 0 Å². The second kappa shape index (κ2) is 13.2. The van der Waals surface area contributed by atoms with Gasteiger partial charge in [-0.3, -0.25) is 9.08 Å². The zero-order valence-electron chi connectivity index (χ0n) is 18.1. The summed E-state index contributed by atoms with van der Waals surface area (Å²) in [5.74, 6) is 0. The molecule has 3 rings (SSSR count). The fourth-order valence-corrected chi connectivity index (χ4v) is 3.97. The van der Waals surface area contributed by atoms with Crippen LogP contribution in [-0.4, -0.2) is 35.5 Å². The Morgan fingerprint density at radius 3 is 1.90 bits per heavy atom. The average molecular weight is 438 g/mol. The summed E-state index contributed by atoms with van der Waals surface area (Å²) in [4.78, 5) is 3.09. The molecule has 0 aliphatic rings. The number of ether oxygens (including phenoxy) is 1. The highest BCUT2D eigenvalue weighted by Gasteiger charge is 2.08. The molecule has 0 saturated carbocycles. The Labute approximate surface area is 188 Å². The van der Waals surface area contributed by atoms with Crippen molar-refractivity contribution in [3.05, 3.63) is 102 Å². The molecule has 3 aromatic carbocycles. The molecule has 4 nitrogen and oxygen atoms in total. The summed E-state index contributed by atoms with van der Waals surface area (Å²) >= 11 is -1.42. The van der Waals surface area contributed by atoms with Crippen molar-refractivity contribution >= 4 is 11.1 Å². The first-order chi connectivity index (χ1) is 15.2. The van der Waals surface area contributed by atoms with Crippen LogP contribution in [0.4, 0.5) is 0 Å². The fraction of sp³-hybridized carbons (Fsp3) is 0.308. The molecular weight excluding hydrogens is 406 g/mol. The lowest BCUT2D eigenvalue weighted by Gasteiger charge is -2.22. The number of hydrogen-bond donors (Lipinski definition) is 0. The minimum atomic E-state index is -1.42. The van der Waals surface area contributed by atoms with Crippen LogP contribution in [0, 0.1) is 6.92 Å². The minimum absolute atomic E-state index is 0.415. The monoisotopic (exact) mass is 437 g/mol. The Bertz CT molecular complexity index is 859. The van der Waals surface area contributed by atoms with Crippen molar-refractivity contribution in [3.63, 3.8) is 0 Å². The molecule has 0 aliphatic heterocycles. The summed E-state index contributed by atoms with van der Waals surface area (Å²) in [6.45, 7) is 6.29. The Morgan fingerprint density at radius 2 is 1.32 bits per heavy atom. The van der Waals surface area contributed by atoms with E-state index in [2.05, 4.69) is 53.4 Å². The highest BCUT2D eigenvalue weighted by Crippen LogP contribution is 2.11. The third kappa shape index (κ3) is 8.75. The van der Waals surface area contributed by atoms with Gasteiger partial charge in [-0.2, -0.15) is 0 Å². The van der Waals surface area contributed by atoms with Crippen LogP contribution in [0.25, 0.3) is 0 Å². The maximum atomic E-state index is 12.1. The van der Waals surface area contributed by atoms with Gasteiger partial charge >= 0.3 is 0 Å². The van der Waals surface area contributed by atoms with E-state index in [1.807, 2.05) is 43.3 Å². The molecule has 0 amide bonds. The van der Waals surface area contributed by atoms with Crippen LogP contribution in [0.1, 0.15) is 23.1 Å². The van der Waals surface area contributed by atoms with E-state index < -0.39 is 11.1 Å². The molecule has 0 aromatic heterocycles. The maximum absolute atomic E-state index is 12.1. The summed E-state index contributed by atoms with van der Waals surface area (Å²) in [6.07, 6.45) is 0.717. The number of hydrogen-bond acceptors (Lipinski definition) is 4. The summed E-state index contributed by atoms with van der Waals surface area (Å²) in [6, 6.07) is 28.6. The van der Waals surface area contributed by atoms with Gasteiger partial charge < -0.3 is 4.74 Å². The van der Waals surface area contributed by atoms with Crippen molar-refractivity contribution in [2.75, 3.05) is 26.4 Å². The largest absolute Gasteiger partial charge is 0.380 e. The summed E-state index contributed by atoms with van der Waals surface area (Å²) in [5, 5.41) is 0. The van der Waals surface area contributed by atoms with Gasteiger partial charge in [-0.15, -0.1) is 0 Å². The maximum Gasteiger partial charge on any atom is 0.189 e. The van der Waals surface area contributed by atoms with Crippen LogP contribution in [0.15, 0.2) is 89.8 Å². The summed E-state index contributed by atoms with van der Waals surface area (Å²) in [5.41, 5.74) is 3.73. The van der Waals surface area contributed by atoms with Gasteiger partial charge in [-0.1, -0.05) is 78.4 Å². The number of nitrogens with zero attached hydrogens (tertiary/aromatic N) is 1. The van der Waals surface area contributed by atoms with E-state index in [1.54, 1.807) is 0 Å². The first-order valence-corrected chi connectivity index (χ1v) is 11.8. The molecule has 1 unspecified atom stereocenters. The van der Waals surface area contributed by atoms with Crippen molar-refractivity contribution in [3.8, 4) is 0 Å². The Balaban J connectivity index is 1.36. The van der Waals surface area contributed by atoms with Crippen LogP contribution in [0.5, 0.6) is 0 Å². The van der Waals surface area contributed by atoms with Crippen LogP contribution in [0.3, 0.4) is 0 Å². The van der Waals surface area contributed by atoms with Crippen LogP contribution in [-0.2, 0) is 33.1 Å². The lowest BCUT2D eigenvalue weighted by atomic mass is 10.1. The molecule has 5 heteroatoms. The van der Waals surface area contributed by atoms with E-state index in [-0.39, 0.29) is 0 Å². The lowest BCUT2D eigenvalue weighted by Crippen LogP contribution is -2.27. The number of aryl methyl sites for hydroxylation is 1. The van der Waals surface area contributed by atoms with Gasteiger partial charge in [-0.05, 0) is 36.6 Å². The highest BCUT2D eigenvalue weighted by atomic mass is 32.2. The van der Waals surface area contributed by atoms with Crippen molar-refractivity contribution < 1.29 is 13.1 Å². The van der Waals surface area contributed by atoms with E-state index in [4.69, 9.17) is 8.92 Å². The van der Waals surface area contributed by atoms with E-state index in [0.717, 1.165) is 31.6 Å². The average Bonchev–Trinajstić information content (AvgIpc) is 2.80. The first-order valence-electron chi connectivity index (χ1n) is 10.7. The molecule has 3 aromatic rings. The van der Waals surface area contributed by atoms with Crippen LogP contribution in [0.2, 0.25) is 0 Å². The highest BCUT2D eigenvalue weighted by molar-refractivity contribution is 7.80. The Kier molecular flexibility index (Phi) is 9.93. The second-order valence-electron chi connectivity index (χ2n) is 7.52. The Morgan fingerprint density at radius 1 is 0.742 bits per heavy atom. The molecule has 0 bridgehead atoms. The van der Waals surface area contributed by atoms with Crippen LogP contribution < -0.4 is 0 Å². The zero-order valence-corrected chi connectivity index (χ0v) is 18.9.